The normalized spacial score (nSPS) is 17.3. The van der Waals surface area contributed by atoms with Gasteiger partial charge in [0.2, 0.25) is 11.9 Å². The summed E-state index contributed by atoms with van der Waals surface area (Å²) >= 11 is 0. The number of hydrogen-bond acceptors (Lipinski definition) is 7. The predicted octanol–water partition coefficient (Wildman–Crippen LogP) is 1.99. The molecule has 9 nitrogen and oxygen atoms in total. The van der Waals surface area contributed by atoms with Gasteiger partial charge in [0, 0.05) is 42.6 Å². The Morgan fingerprint density at radius 2 is 1.73 bits per heavy atom. The second-order valence-corrected chi connectivity index (χ2v) is 7.93. The number of carbonyl (C=O) groups excluding carboxylic acids is 2. The molecule has 6 N–H and O–H groups in total. The van der Waals surface area contributed by atoms with Gasteiger partial charge in [0.25, 0.3) is 5.91 Å². The number of piperidine rings is 1. The van der Waals surface area contributed by atoms with Gasteiger partial charge in [-0.1, -0.05) is 0 Å². The van der Waals surface area contributed by atoms with Crippen LogP contribution in [0, 0.1) is 5.92 Å². The SMILES string of the molecule is NC(=O)c1cnc(Nc2ccc(N3CCC(C(N)=O)CC3)cc2)nc1NC1CCC1. The Kier molecular flexibility index (Phi) is 5.69. The number of rotatable bonds is 7. The molecule has 1 aliphatic heterocycles. The van der Waals surface area contributed by atoms with Crippen LogP contribution in [-0.4, -0.2) is 40.9 Å². The van der Waals surface area contributed by atoms with E-state index in [1.54, 1.807) is 0 Å². The third-order valence-electron chi connectivity index (χ3n) is 5.89. The predicted molar refractivity (Wildman–Crippen MR) is 116 cm³/mol. The van der Waals surface area contributed by atoms with Crippen molar-refractivity contribution >= 4 is 35.0 Å². The second kappa shape index (κ2) is 8.56. The lowest BCUT2D eigenvalue weighted by Gasteiger charge is -2.32. The van der Waals surface area contributed by atoms with E-state index in [-0.39, 0.29) is 11.8 Å². The van der Waals surface area contributed by atoms with Gasteiger partial charge in [0.15, 0.2) is 0 Å². The number of benzene rings is 1. The third-order valence-corrected chi connectivity index (χ3v) is 5.89. The number of amides is 2. The Labute approximate surface area is 175 Å². The molecule has 30 heavy (non-hydrogen) atoms. The van der Waals surface area contributed by atoms with Gasteiger partial charge in [0.05, 0.1) is 5.56 Å². The monoisotopic (exact) mass is 409 g/mol. The number of anilines is 4. The number of nitrogens with zero attached hydrogens (tertiary/aromatic N) is 3. The summed E-state index contributed by atoms with van der Waals surface area (Å²) in [6.45, 7) is 1.63. The molecule has 2 aromatic rings. The maximum Gasteiger partial charge on any atom is 0.254 e. The van der Waals surface area contributed by atoms with Gasteiger partial charge in [-0.05, 0) is 56.4 Å². The molecule has 2 fully saturated rings. The first-order chi connectivity index (χ1) is 14.5. The Bertz CT molecular complexity index is 919. The van der Waals surface area contributed by atoms with Crippen molar-refractivity contribution in [2.75, 3.05) is 28.6 Å². The summed E-state index contributed by atoms with van der Waals surface area (Å²) < 4.78 is 0. The Morgan fingerprint density at radius 1 is 1.03 bits per heavy atom. The minimum atomic E-state index is -0.548. The van der Waals surface area contributed by atoms with E-state index in [4.69, 9.17) is 11.5 Å². The van der Waals surface area contributed by atoms with E-state index in [9.17, 15) is 9.59 Å². The van der Waals surface area contributed by atoms with Crippen LogP contribution >= 0.6 is 0 Å². The van der Waals surface area contributed by atoms with E-state index < -0.39 is 5.91 Å². The molecule has 0 radical (unpaired) electrons. The molecule has 1 aliphatic carbocycles. The molecule has 1 saturated carbocycles. The molecule has 2 amide bonds. The van der Waals surface area contributed by atoms with Gasteiger partial charge < -0.3 is 27.0 Å². The molecule has 1 aromatic heterocycles. The summed E-state index contributed by atoms with van der Waals surface area (Å²) in [7, 11) is 0. The van der Waals surface area contributed by atoms with Crippen molar-refractivity contribution in [2.24, 2.45) is 17.4 Å². The molecular formula is C21H27N7O2. The van der Waals surface area contributed by atoms with E-state index in [0.717, 1.165) is 50.1 Å². The Balaban J connectivity index is 1.42. The molecule has 0 atom stereocenters. The molecule has 1 aromatic carbocycles. The standard InChI is InChI=1S/C21H27N7O2/c22-18(29)13-8-10-28(11-9-13)16-6-4-15(5-7-16)26-21-24-12-17(19(23)30)20(27-21)25-14-2-1-3-14/h4-7,12-14H,1-3,8-11H2,(H2,22,29)(H2,23,30)(H2,24,25,26,27). The molecule has 2 aliphatic rings. The fourth-order valence-electron chi connectivity index (χ4n) is 3.79. The first-order valence-electron chi connectivity index (χ1n) is 10.3. The highest BCUT2D eigenvalue weighted by Crippen LogP contribution is 2.27. The minimum absolute atomic E-state index is 0.0227. The van der Waals surface area contributed by atoms with Gasteiger partial charge in [0.1, 0.15) is 5.82 Å². The molecule has 0 unspecified atom stereocenters. The number of carbonyl (C=O) groups is 2. The summed E-state index contributed by atoms with van der Waals surface area (Å²) in [5.41, 5.74) is 13.1. The number of nitrogens with two attached hydrogens (primary N) is 2. The zero-order chi connectivity index (χ0) is 21.1. The molecule has 4 rings (SSSR count). The van der Waals surface area contributed by atoms with Crippen molar-refractivity contribution in [1.82, 2.24) is 9.97 Å². The summed E-state index contributed by atoms with van der Waals surface area (Å²) in [5, 5.41) is 6.46. The van der Waals surface area contributed by atoms with Crippen LogP contribution in [0.5, 0.6) is 0 Å². The van der Waals surface area contributed by atoms with Crippen molar-refractivity contribution in [2.45, 2.75) is 38.1 Å². The average molecular weight is 409 g/mol. The highest BCUT2D eigenvalue weighted by Gasteiger charge is 2.23. The van der Waals surface area contributed by atoms with Crippen molar-refractivity contribution in [3.05, 3.63) is 36.0 Å². The molecule has 0 spiro atoms. The molecule has 9 heteroatoms. The van der Waals surface area contributed by atoms with E-state index in [2.05, 4.69) is 25.5 Å². The number of hydrogen-bond donors (Lipinski definition) is 4. The zero-order valence-corrected chi connectivity index (χ0v) is 16.8. The topological polar surface area (TPSA) is 139 Å². The van der Waals surface area contributed by atoms with Crippen LogP contribution < -0.4 is 27.0 Å². The van der Waals surface area contributed by atoms with Crippen LogP contribution in [0.1, 0.15) is 42.5 Å². The average Bonchev–Trinajstić information content (AvgIpc) is 2.71. The van der Waals surface area contributed by atoms with Crippen molar-refractivity contribution in [1.29, 1.82) is 0 Å². The molecule has 2 heterocycles. The van der Waals surface area contributed by atoms with Gasteiger partial charge in [-0.15, -0.1) is 0 Å². The molecule has 158 valence electrons. The maximum atomic E-state index is 11.7. The van der Waals surface area contributed by atoms with E-state index in [1.165, 1.54) is 12.6 Å². The Hall–Kier alpha value is -3.36. The lowest BCUT2D eigenvalue weighted by atomic mass is 9.93. The lowest BCUT2D eigenvalue weighted by Crippen LogP contribution is -2.38. The fourth-order valence-corrected chi connectivity index (χ4v) is 3.79. The van der Waals surface area contributed by atoms with Crippen LogP contribution in [0.25, 0.3) is 0 Å². The van der Waals surface area contributed by atoms with Crippen LogP contribution in [0.15, 0.2) is 30.5 Å². The van der Waals surface area contributed by atoms with Crippen LogP contribution in [0.3, 0.4) is 0 Å². The molecule has 0 bridgehead atoms. The van der Waals surface area contributed by atoms with E-state index in [0.29, 0.717) is 23.4 Å². The van der Waals surface area contributed by atoms with Gasteiger partial charge in [-0.25, -0.2) is 4.98 Å². The highest BCUT2D eigenvalue weighted by molar-refractivity contribution is 5.97. The maximum absolute atomic E-state index is 11.7. The quantitative estimate of drug-likeness (QED) is 0.548. The minimum Gasteiger partial charge on any atom is -0.371 e. The molecular weight excluding hydrogens is 382 g/mol. The Morgan fingerprint density at radius 3 is 2.30 bits per heavy atom. The summed E-state index contributed by atoms with van der Waals surface area (Å²) in [6.07, 6.45) is 6.31. The summed E-state index contributed by atoms with van der Waals surface area (Å²) in [4.78, 5) is 33.9. The second-order valence-electron chi connectivity index (χ2n) is 7.93. The van der Waals surface area contributed by atoms with Crippen LogP contribution in [0.4, 0.5) is 23.1 Å². The third kappa shape index (κ3) is 4.45. The smallest absolute Gasteiger partial charge is 0.254 e. The van der Waals surface area contributed by atoms with Crippen molar-refractivity contribution in [3.63, 3.8) is 0 Å². The van der Waals surface area contributed by atoms with E-state index in [1.807, 2.05) is 24.3 Å². The van der Waals surface area contributed by atoms with Crippen LogP contribution in [0.2, 0.25) is 0 Å². The van der Waals surface area contributed by atoms with E-state index >= 15 is 0 Å². The van der Waals surface area contributed by atoms with Gasteiger partial charge in [-0.3, -0.25) is 9.59 Å². The highest BCUT2D eigenvalue weighted by atomic mass is 16.1. The first-order valence-corrected chi connectivity index (χ1v) is 10.3. The first kappa shape index (κ1) is 19.9. The fraction of sp³-hybridized carbons (Fsp3) is 0.429. The number of aromatic nitrogens is 2. The largest absolute Gasteiger partial charge is 0.371 e. The number of nitrogens with one attached hydrogen (secondary N) is 2. The summed E-state index contributed by atoms with van der Waals surface area (Å²) in [5.74, 6) is 0.0940. The summed E-state index contributed by atoms with van der Waals surface area (Å²) in [6, 6.07) is 8.29. The molecule has 1 saturated heterocycles. The van der Waals surface area contributed by atoms with Gasteiger partial charge >= 0.3 is 0 Å². The zero-order valence-electron chi connectivity index (χ0n) is 16.8. The van der Waals surface area contributed by atoms with Crippen molar-refractivity contribution in [3.8, 4) is 0 Å². The van der Waals surface area contributed by atoms with Crippen LogP contribution in [-0.2, 0) is 4.79 Å². The lowest BCUT2D eigenvalue weighted by molar-refractivity contribution is -0.122. The number of primary amides is 2. The van der Waals surface area contributed by atoms with Gasteiger partial charge in [-0.2, -0.15) is 4.98 Å². The van der Waals surface area contributed by atoms with Crippen molar-refractivity contribution < 1.29 is 9.59 Å².